The molecule has 1 saturated heterocycles. The Bertz CT molecular complexity index is 2850. The lowest BCUT2D eigenvalue weighted by atomic mass is 9.85. The van der Waals surface area contributed by atoms with E-state index in [-0.39, 0.29) is 32.7 Å². The van der Waals surface area contributed by atoms with Crippen molar-refractivity contribution in [3.8, 4) is 33.5 Å². The van der Waals surface area contributed by atoms with Crippen LogP contribution in [-0.4, -0.2) is 106 Å². The zero-order chi connectivity index (χ0) is 54.1. The number of thiocarbonyl (C=S) groups is 1. The monoisotopic (exact) mass is 1060 g/mol. The topological polar surface area (TPSA) is 190 Å². The van der Waals surface area contributed by atoms with E-state index in [4.69, 9.17) is 27.0 Å². The van der Waals surface area contributed by atoms with Gasteiger partial charge in [-0.1, -0.05) is 57.3 Å². The smallest absolute Gasteiger partial charge is 0.420 e. The van der Waals surface area contributed by atoms with Crippen molar-refractivity contribution in [2.24, 2.45) is 5.41 Å². The Morgan fingerprint density at radius 2 is 1.65 bits per heavy atom. The van der Waals surface area contributed by atoms with Crippen LogP contribution in [0.4, 0.5) is 28.9 Å². The number of carbonyl (C=O) groups is 4. The van der Waals surface area contributed by atoms with Crippen LogP contribution in [0.1, 0.15) is 76.3 Å². The number of aryl methyl sites for hydroxylation is 1. The number of β-amino-alcohol motifs (C(OH)–C–C–N with tert-alkyl or cyclic N) is 1. The van der Waals surface area contributed by atoms with Crippen LogP contribution < -0.4 is 25.2 Å². The fourth-order valence-electron chi connectivity index (χ4n) is 8.22. The first kappa shape index (κ1) is 56.4. The van der Waals surface area contributed by atoms with Crippen molar-refractivity contribution in [3.05, 3.63) is 113 Å². The maximum Gasteiger partial charge on any atom is 0.420 e. The molecule has 0 bridgehead atoms. The molecule has 2 aromatic heterocycles. The number of nitrogens with zero attached hydrogens (tertiary/aromatic N) is 6. The van der Waals surface area contributed by atoms with Crippen LogP contribution >= 0.6 is 23.6 Å². The number of alkyl halides is 3. The molecule has 21 heteroatoms. The van der Waals surface area contributed by atoms with Crippen LogP contribution in [0.25, 0.3) is 21.7 Å². The van der Waals surface area contributed by atoms with Crippen molar-refractivity contribution >= 4 is 64.0 Å². The predicted octanol–water partition coefficient (Wildman–Crippen LogP) is 8.40. The molecule has 74 heavy (non-hydrogen) atoms. The Morgan fingerprint density at radius 3 is 2.24 bits per heavy atom. The molecule has 392 valence electrons. The van der Waals surface area contributed by atoms with E-state index in [2.05, 4.69) is 20.6 Å². The zero-order valence-corrected chi connectivity index (χ0v) is 43.6. The first-order valence-corrected chi connectivity index (χ1v) is 25.0. The number of hydrogen-bond donors (Lipinski definition) is 3. The standard InChI is InChI=1S/C53H58F4N8O7S2/c1-32-46(74-30-61-32)35-12-10-33(11-13-35)26-60-48(68)42-24-38(66)28-64(42)49(69)47(51(2,3)4)62-43(67)29-71-22-8-9-23-72-39-18-14-34(15-19-39)40-20-17-37(27-59-40)63(7)52(5,6)50(70)65(31-73)41-21-16-36(25-58)44(45(41)54)53(55,56)57/h10-21,27,30-31,38,42,47,66H,8-9,22-24,26,28-29H2,1-7H3,(H,60,68)(H,62,67). The molecule has 3 N–H and O–H groups in total. The lowest BCUT2D eigenvalue weighted by molar-refractivity contribution is -0.144. The van der Waals surface area contributed by atoms with Crippen molar-refractivity contribution in [3.63, 3.8) is 0 Å². The van der Waals surface area contributed by atoms with Gasteiger partial charge < -0.3 is 35.0 Å². The quantitative estimate of drug-likeness (QED) is 0.0384. The van der Waals surface area contributed by atoms with Crippen molar-refractivity contribution < 1.29 is 51.3 Å². The number of thiazole rings is 1. The Balaban J connectivity index is 0.930. The molecule has 15 nitrogen and oxygen atoms in total. The highest BCUT2D eigenvalue weighted by Crippen LogP contribution is 2.39. The number of amides is 4. The number of hydrogen-bond acceptors (Lipinski definition) is 13. The molecule has 5 aromatic rings. The van der Waals surface area contributed by atoms with Crippen LogP contribution in [-0.2, 0) is 36.6 Å². The Morgan fingerprint density at radius 1 is 0.973 bits per heavy atom. The number of anilines is 2. The van der Waals surface area contributed by atoms with E-state index in [0.717, 1.165) is 44.9 Å². The number of ether oxygens (including phenoxy) is 2. The van der Waals surface area contributed by atoms with Crippen molar-refractivity contribution in [2.75, 3.05) is 43.2 Å². The largest absolute Gasteiger partial charge is 0.494 e. The Hall–Kier alpha value is -6.86. The summed E-state index contributed by atoms with van der Waals surface area (Å²) in [6.07, 6.45) is -3.33. The second-order valence-electron chi connectivity index (χ2n) is 19.3. The molecule has 3 aromatic carbocycles. The van der Waals surface area contributed by atoms with Gasteiger partial charge in [-0.25, -0.2) is 9.37 Å². The average Bonchev–Trinajstić information content (AvgIpc) is 3.99. The number of aromatic nitrogens is 2. The van der Waals surface area contributed by atoms with Crippen LogP contribution in [0, 0.1) is 29.5 Å². The summed E-state index contributed by atoms with van der Waals surface area (Å²) in [5, 5.41) is 25.4. The fourth-order valence-corrected chi connectivity index (χ4v) is 9.24. The maximum absolute atomic E-state index is 15.3. The van der Waals surface area contributed by atoms with E-state index in [9.17, 15) is 37.5 Å². The molecule has 4 amide bonds. The molecular formula is C53H58F4N8O7S2. The first-order chi connectivity index (χ1) is 35.0. The third kappa shape index (κ3) is 13.5. The van der Waals surface area contributed by atoms with Crippen LogP contribution in [0.2, 0.25) is 0 Å². The first-order valence-electron chi connectivity index (χ1n) is 23.6. The number of rotatable bonds is 20. The van der Waals surface area contributed by atoms with Gasteiger partial charge in [-0.15, -0.1) is 11.3 Å². The highest BCUT2D eigenvalue weighted by molar-refractivity contribution is 7.79. The normalized spacial score (nSPS) is 15.2. The minimum atomic E-state index is -5.20. The minimum Gasteiger partial charge on any atom is -0.494 e. The second kappa shape index (κ2) is 24.0. The summed E-state index contributed by atoms with van der Waals surface area (Å²) in [5.41, 5.74) is 1.54. The van der Waals surface area contributed by atoms with Crippen molar-refractivity contribution in [1.29, 1.82) is 5.26 Å². The van der Waals surface area contributed by atoms with E-state index in [1.165, 1.54) is 35.9 Å². The third-order valence-corrected chi connectivity index (χ3v) is 13.8. The number of nitriles is 1. The number of likely N-dealkylation sites (tertiary alicyclic amines) is 1. The van der Waals surface area contributed by atoms with Gasteiger partial charge in [0.25, 0.3) is 5.91 Å². The molecule has 1 aliphatic heterocycles. The predicted molar refractivity (Wildman–Crippen MR) is 277 cm³/mol. The zero-order valence-electron chi connectivity index (χ0n) is 42.0. The molecule has 0 spiro atoms. The molecule has 3 heterocycles. The van der Waals surface area contributed by atoms with Crippen LogP contribution in [0.5, 0.6) is 5.75 Å². The summed E-state index contributed by atoms with van der Waals surface area (Å²) in [5.74, 6) is -3.39. The summed E-state index contributed by atoms with van der Waals surface area (Å²) in [4.78, 5) is 67.7. The Kier molecular flexibility index (Phi) is 18.3. The van der Waals surface area contributed by atoms with Gasteiger partial charge in [0, 0.05) is 38.7 Å². The maximum atomic E-state index is 15.3. The molecule has 1 aliphatic rings. The van der Waals surface area contributed by atoms with Gasteiger partial charge >= 0.3 is 6.18 Å². The molecule has 0 radical (unpaired) electrons. The van der Waals surface area contributed by atoms with E-state index >= 15 is 4.39 Å². The molecule has 3 unspecified atom stereocenters. The third-order valence-electron chi connectivity index (χ3n) is 12.7. The number of nitrogens with one attached hydrogen (secondary N) is 2. The molecule has 6 rings (SSSR count). The highest BCUT2D eigenvalue weighted by Gasteiger charge is 2.45. The summed E-state index contributed by atoms with van der Waals surface area (Å²) < 4.78 is 68.0. The average molecular weight is 1060 g/mol. The SMILES string of the molecule is Cc1ncsc1-c1ccc(CNC(=O)C2CC(O)CN2C(=O)C(NC(=O)COCCCCOc2ccc(-c3ccc(N(C)C(C)(C)C(=O)N(C=S)c4ccc(C#N)c(C(F)(F)F)c4F)cn3)cc2)C(C)(C)C)cc1. The van der Waals surface area contributed by atoms with Gasteiger partial charge in [-0.3, -0.25) is 29.1 Å². The second-order valence-corrected chi connectivity index (χ2v) is 20.4. The Labute approximate surface area is 436 Å². The minimum absolute atomic E-state index is 0.0446. The fraction of sp³-hybridized carbons (Fsp3) is 0.396. The molecule has 1 fully saturated rings. The number of unbranched alkanes of at least 4 members (excludes halogenated alkanes) is 1. The van der Waals surface area contributed by atoms with Gasteiger partial charge in [0.05, 0.1) is 69.2 Å². The van der Waals surface area contributed by atoms with E-state index < -0.39 is 81.6 Å². The number of pyridine rings is 1. The number of aliphatic hydroxyl groups is 1. The van der Waals surface area contributed by atoms with Crippen LogP contribution in [0.3, 0.4) is 0 Å². The number of likely N-dealkylation sites (N-methyl/N-ethyl adjacent to an activating group) is 1. The lowest BCUT2D eigenvalue weighted by Gasteiger charge is -2.38. The molecular weight excluding hydrogens is 1000 g/mol. The van der Waals surface area contributed by atoms with E-state index in [1.54, 1.807) is 48.2 Å². The number of benzene rings is 3. The summed E-state index contributed by atoms with van der Waals surface area (Å²) in [7, 11) is 1.57. The molecule has 0 aliphatic carbocycles. The summed E-state index contributed by atoms with van der Waals surface area (Å²) in [6, 6.07) is 19.5. The lowest BCUT2D eigenvalue weighted by Crippen LogP contribution is -2.58. The number of aliphatic hydroxyl groups excluding tert-OH is 1. The van der Waals surface area contributed by atoms with E-state index in [1.807, 2.05) is 64.1 Å². The van der Waals surface area contributed by atoms with Gasteiger partial charge in [-0.2, -0.15) is 18.4 Å². The molecule has 3 atom stereocenters. The highest BCUT2D eigenvalue weighted by atomic mass is 32.1. The van der Waals surface area contributed by atoms with Crippen molar-refractivity contribution in [2.45, 2.75) is 97.3 Å². The number of carbonyl (C=O) groups excluding carboxylic acids is 4. The van der Waals surface area contributed by atoms with Gasteiger partial charge in [0.1, 0.15) is 35.5 Å². The van der Waals surface area contributed by atoms with Gasteiger partial charge in [0.2, 0.25) is 17.7 Å². The van der Waals surface area contributed by atoms with Gasteiger partial charge in [-0.05, 0) is 98.7 Å². The summed E-state index contributed by atoms with van der Waals surface area (Å²) >= 11 is 6.51. The van der Waals surface area contributed by atoms with E-state index in [0.29, 0.717) is 41.5 Å². The molecule has 0 saturated carbocycles. The summed E-state index contributed by atoms with van der Waals surface area (Å²) in [6.45, 7) is 10.9. The van der Waals surface area contributed by atoms with Crippen LogP contribution in [0.15, 0.2) is 84.5 Å². The number of halogens is 4. The van der Waals surface area contributed by atoms with Gasteiger partial charge in [0.15, 0.2) is 5.82 Å². The van der Waals surface area contributed by atoms with Crippen molar-refractivity contribution in [1.82, 2.24) is 25.5 Å².